The number of ether oxygens (including phenoxy) is 1. The zero-order valence-electron chi connectivity index (χ0n) is 14.8. The van der Waals surface area contributed by atoms with Gasteiger partial charge in [0.15, 0.2) is 5.69 Å². The third-order valence-electron chi connectivity index (χ3n) is 5.29. The van der Waals surface area contributed by atoms with Gasteiger partial charge in [-0.25, -0.2) is 4.68 Å². The fourth-order valence-electron chi connectivity index (χ4n) is 3.82. The van der Waals surface area contributed by atoms with Crippen LogP contribution in [-0.4, -0.2) is 35.4 Å². The average molecular weight is 374 g/mol. The Hall–Kier alpha value is -1.85. The number of hydrogen-bond acceptors (Lipinski definition) is 3. The largest absolute Gasteiger partial charge is 0.381 e. The van der Waals surface area contributed by atoms with Crippen LogP contribution < -0.4 is 5.32 Å². The number of aromatic nitrogens is 2. The molecule has 0 spiro atoms. The van der Waals surface area contributed by atoms with E-state index in [1.165, 1.54) is 12.1 Å². The van der Waals surface area contributed by atoms with Gasteiger partial charge in [-0.1, -0.05) is 18.0 Å². The average Bonchev–Trinajstić information content (AvgIpc) is 3.23. The smallest absolute Gasteiger partial charge is 0.272 e. The van der Waals surface area contributed by atoms with Crippen molar-refractivity contribution in [2.75, 3.05) is 19.8 Å². The van der Waals surface area contributed by atoms with Crippen molar-refractivity contribution in [2.24, 2.45) is 5.92 Å². The Labute approximate surface area is 158 Å². The molecule has 2 heterocycles. The summed E-state index contributed by atoms with van der Waals surface area (Å²) in [7, 11) is 0. The van der Waals surface area contributed by atoms with E-state index in [2.05, 4.69) is 5.32 Å². The number of benzene rings is 1. The summed E-state index contributed by atoms with van der Waals surface area (Å²) in [5, 5.41) is 8.48. The molecule has 1 atom stereocenters. The topological polar surface area (TPSA) is 56.1 Å². The number of nitrogens with one attached hydrogen (secondary N) is 1. The van der Waals surface area contributed by atoms with Gasteiger partial charge in [0.25, 0.3) is 5.91 Å². The molecule has 1 aliphatic carbocycles. The van der Waals surface area contributed by atoms with Crippen LogP contribution in [-0.2, 0) is 17.6 Å². The van der Waals surface area contributed by atoms with Crippen molar-refractivity contribution >= 4 is 17.5 Å². The van der Waals surface area contributed by atoms with Crippen LogP contribution in [0.15, 0.2) is 24.3 Å². The maximum atomic E-state index is 12.8. The molecule has 0 unspecified atom stereocenters. The second-order valence-electron chi connectivity index (χ2n) is 7.16. The molecule has 2 aromatic rings. The quantitative estimate of drug-likeness (QED) is 0.833. The molecule has 2 aliphatic rings. The monoisotopic (exact) mass is 373 g/mol. The molecule has 0 radical (unpaired) electrons. The van der Waals surface area contributed by atoms with Gasteiger partial charge in [0.1, 0.15) is 0 Å². The Balaban J connectivity index is 1.63. The Morgan fingerprint density at radius 3 is 2.81 bits per heavy atom. The highest BCUT2D eigenvalue weighted by atomic mass is 35.5. The number of rotatable bonds is 4. The zero-order valence-corrected chi connectivity index (χ0v) is 15.6. The van der Waals surface area contributed by atoms with E-state index in [9.17, 15) is 4.79 Å². The van der Waals surface area contributed by atoms with Crippen molar-refractivity contribution in [3.63, 3.8) is 0 Å². The Kier molecular flexibility index (Phi) is 5.27. The van der Waals surface area contributed by atoms with Crippen molar-refractivity contribution in [2.45, 2.75) is 38.5 Å². The van der Waals surface area contributed by atoms with Crippen molar-refractivity contribution in [3.05, 3.63) is 46.2 Å². The molecule has 1 N–H and O–H groups in total. The summed E-state index contributed by atoms with van der Waals surface area (Å²) in [6.45, 7) is 2.18. The van der Waals surface area contributed by atoms with Crippen LogP contribution in [0.25, 0.3) is 5.69 Å². The van der Waals surface area contributed by atoms with Gasteiger partial charge < -0.3 is 10.1 Å². The van der Waals surface area contributed by atoms with Gasteiger partial charge >= 0.3 is 0 Å². The predicted octanol–water partition coefficient (Wildman–Crippen LogP) is 3.56. The number of carbonyl (C=O) groups is 1. The maximum Gasteiger partial charge on any atom is 0.272 e. The molecule has 1 saturated heterocycles. The Morgan fingerprint density at radius 2 is 2.04 bits per heavy atom. The minimum absolute atomic E-state index is 0.0669. The molecule has 1 amide bonds. The fourth-order valence-corrected chi connectivity index (χ4v) is 3.95. The van der Waals surface area contributed by atoms with E-state index in [0.29, 0.717) is 23.2 Å². The zero-order chi connectivity index (χ0) is 17.9. The lowest BCUT2D eigenvalue weighted by Crippen LogP contribution is -2.30. The van der Waals surface area contributed by atoms with Crippen molar-refractivity contribution in [3.8, 4) is 5.69 Å². The van der Waals surface area contributed by atoms with Gasteiger partial charge in [0, 0.05) is 35.3 Å². The number of amides is 1. The van der Waals surface area contributed by atoms with Crippen LogP contribution in [0.2, 0.25) is 5.02 Å². The summed E-state index contributed by atoms with van der Waals surface area (Å²) in [5.41, 5.74) is 3.81. The molecule has 4 rings (SSSR count). The molecule has 26 heavy (non-hydrogen) atoms. The van der Waals surface area contributed by atoms with Gasteiger partial charge in [0.05, 0.1) is 12.3 Å². The normalized spacial score (nSPS) is 19.8. The van der Waals surface area contributed by atoms with Gasteiger partial charge in [-0.3, -0.25) is 4.79 Å². The third-order valence-corrected chi connectivity index (χ3v) is 5.54. The molecule has 1 aliphatic heterocycles. The highest BCUT2D eigenvalue weighted by Crippen LogP contribution is 2.27. The lowest BCUT2D eigenvalue weighted by atomic mass is 10.1. The van der Waals surface area contributed by atoms with Gasteiger partial charge in [-0.05, 0) is 56.4 Å². The van der Waals surface area contributed by atoms with E-state index >= 15 is 0 Å². The van der Waals surface area contributed by atoms with Crippen LogP contribution in [0.4, 0.5) is 0 Å². The number of halogens is 1. The summed E-state index contributed by atoms with van der Waals surface area (Å²) in [5.74, 6) is 0.346. The van der Waals surface area contributed by atoms with Crippen LogP contribution in [0, 0.1) is 5.92 Å². The number of hydrogen-bond donors (Lipinski definition) is 1. The second-order valence-corrected chi connectivity index (χ2v) is 7.60. The summed E-state index contributed by atoms with van der Waals surface area (Å²) >= 11 is 6.02. The summed E-state index contributed by atoms with van der Waals surface area (Å²) in [6.07, 6.45) is 6.31. The first-order valence-electron chi connectivity index (χ1n) is 9.45. The van der Waals surface area contributed by atoms with Crippen molar-refractivity contribution < 1.29 is 9.53 Å². The molecule has 0 bridgehead atoms. The van der Waals surface area contributed by atoms with Crippen LogP contribution in [0.3, 0.4) is 0 Å². The molecule has 138 valence electrons. The number of fused-ring (bicyclic) bond motifs is 1. The van der Waals surface area contributed by atoms with E-state index < -0.39 is 0 Å². The minimum atomic E-state index is -0.0669. The van der Waals surface area contributed by atoms with Crippen LogP contribution in [0.1, 0.15) is 47.4 Å². The molecule has 6 heteroatoms. The van der Waals surface area contributed by atoms with Gasteiger partial charge in [-0.15, -0.1) is 0 Å². The first-order valence-corrected chi connectivity index (χ1v) is 9.83. The van der Waals surface area contributed by atoms with E-state index in [4.69, 9.17) is 21.4 Å². The minimum Gasteiger partial charge on any atom is -0.381 e. The van der Waals surface area contributed by atoms with E-state index in [1.54, 1.807) is 0 Å². The SMILES string of the molecule is O=C(NC[C@@H]1CCOC1)c1nn(-c2ccc(Cl)cc2)c2c1CCCCC2. The second kappa shape index (κ2) is 7.80. The van der Waals surface area contributed by atoms with Crippen molar-refractivity contribution in [1.29, 1.82) is 0 Å². The fraction of sp³-hybridized carbons (Fsp3) is 0.500. The molecular formula is C20H24ClN3O2. The Bertz CT molecular complexity index is 779. The summed E-state index contributed by atoms with van der Waals surface area (Å²) in [4.78, 5) is 12.8. The summed E-state index contributed by atoms with van der Waals surface area (Å²) in [6, 6.07) is 7.64. The lowest BCUT2D eigenvalue weighted by Gasteiger charge is -2.09. The molecule has 1 aromatic carbocycles. The van der Waals surface area contributed by atoms with Gasteiger partial charge in [-0.2, -0.15) is 5.10 Å². The number of carbonyl (C=O) groups excluding carboxylic acids is 1. The highest BCUT2D eigenvalue weighted by Gasteiger charge is 2.25. The Morgan fingerprint density at radius 1 is 1.23 bits per heavy atom. The first kappa shape index (κ1) is 17.6. The van der Waals surface area contributed by atoms with E-state index in [0.717, 1.165) is 56.6 Å². The van der Waals surface area contributed by atoms with E-state index in [1.807, 2.05) is 28.9 Å². The van der Waals surface area contributed by atoms with E-state index in [-0.39, 0.29) is 5.91 Å². The highest BCUT2D eigenvalue weighted by molar-refractivity contribution is 6.30. The third kappa shape index (κ3) is 3.64. The maximum absolute atomic E-state index is 12.8. The molecular weight excluding hydrogens is 350 g/mol. The molecule has 0 saturated carbocycles. The first-order chi connectivity index (χ1) is 12.7. The molecule has 5 nitrogen and oxygen atoms in total. The molecule has 1 aromatic heterocycles. The van der Waals surface area contributed by atoms with Crippen LogP contribution in [0.5, 0.6) is 0 Å². The number of nitrogens with zero attached hydrogens (tertiary/aromatic N) is 2. The summed E-state index contributed by atoms with van der Waals surface area (Å²) < 4.78 is 7.33. The standard InChI is InChI=1S/C20H24ClN3O2/c21-15-6-8-16(9-7-15)24-18-5-3-1-2-4-17(18)19(23-24)20(25)22-12-14-10-11-26-13-14/h6-9,14H,1-5,10-13H2,(H,22,25)/t14-/m0/s1. The molecule has 1 fully saturated rings. The van der Waals surface area contributed by atoms with Crippen molar-refractivity contribution in [1.82, 2.24) is 15.1 Å². The lowest BCUT2D eigenvalue weighted by molar-refractivity contribution is 0.0938. The van der Waals surface area contributed by atoms with Gasteiger partial charge in [0.2, 0.25) is 0 Å². The predicted molar refractivity (Wildman–Crippen MR) is 101 cm³/mol. The van der Waals surface area contributed by atoms with Crippen LogP contribution >= 0.6 is 11.6 Å².